The lowest BCUT2D eigenvalue weighted by Gasteiger charge is -2.12. The molecule has 2 aromatic rings. The molecule has 0 aliphatic carbocycles. The molecule has 0 saturated carbocycles. The summed E-state index contributed by atoms with van der Waals surface area (Å²) in [5.41, 5.74) is 1.63. The van der Waals surface area contributed by atoms with Crippen LogP contribution in [0.5, 0.6) is 0 Å². The average Bonchev–Trinajstić information content (AvgIpc) is 2.92. The molecule has 0 fully saturated rings. The lowest BCUT2D eigenvalue weighted by molar-refractivity contribution is 0.0963. The van der Waals surface area contributed by atoms with Crippen LogP contribution in [0.1, 0.15) is 28.3 Å². The highest BCUT2D eigenvalue weighted by Crippen LogP contribution is 2.20. The molecule has 1 heterocycles. The Labute approximate surface area is 110 Å². The van der Waals surface area contributed by atoms with E-state index < -0.39 is 0 Å². The van der Waals surface area contributed by atoms with Crippen molar-refractivity contribution < 1.29 is 4.79 Å². The molecule has 0 aliphatic heterocycles. The topological polar surface area (TPSA) is 54.0 Å². The second kappa shape index (κ2) is 5.64. The first-order valence-corrected chi connectivity index (χ1v) is 6.56. The van der Waals surface area contributed by atoms with E-state index in [1.165, 1.54) is 0 Å². The number of amides is 1. The molecule has 0 radical (unpaired) electrons. The molecule has 18 heavy (non-hydrogen) atoms. The standard InChI is InChI=1S/C13H15N3OS/c1-9(13-15-7-8-18-13)16-11-5-3-10(4-6-11)12(17)14-2/h3-9,16H,1-2H3,(H,14,17). The maximum absolute atomic E-state index is 11.4. The fraction of sp³-hybridized carbons (Fsp3) is 0.231. The highest BCUT2D eigenvalue weighted by molar-refractivity contribution is 7.09. The minimum Gasteiger partial charge on any atom is -0.376 e. The van der Waals surface area contributed by atoms with E-state index in [0.29, 0.717) is 5.56 Å². The Morgan fingerprint density at radius 3 is 2.61 bits per heavy atom. The number of nitrogens with one attached hydrogen (secondary N) is 2. The third kappa shape index (κ3) is 2.87. The van der Waals surface area contributed by atoms with Gasteiger partial charge in [0.2, 0.25) is 0 Å². The van der Waals surface area contributed by atoms with Crippen LogP contribution >= 0.6 is 11.3 Å². The van der Waals surface area contributed by atoms with Crippen LogP contribution < -0.4 is 10.6 Å². The second-order valence-corrected chi connectivity index (χ2v) is 4.82. The van der Waals surface area contributed by atoms with Crippen molar-refractivity contribution in [2.75, 3.05) is 12.4 Å². The van der Waals surface area contributed by atoms with Crippen LogP contribution in [-0.4, -0.2) is 17.9 Å². The molecule has 1 unspecified atom stereocenters. The molecular weight excluding hydrogens is 246 g/mol. The van der Waals surface area contributed by atoms with Gasteiger partial charge in [-0.05, 0) is 31.2 Å². The van der Waals surface area contributed by atoms with Gasteiger partial charge in [-0.15, -0.1) is 11.3 Å². The number of hydrogen-bond donors (Lipinski definition) is 2. The highest BCUT2D eigenvalue weighted by Gasteiger charge is 2.08. The Kier molecular flexibility index (Phi) is 3.94. The fourth-order valence-electron chi connectivity index (χ4n) is 1.62. The van der Waals surface area contributed by atoms with Crippen LogP contribution in [-0.2, 0) is 0 Å². The van der Waals surface area contributed by atoms with E-state index in [9.17, 15) is 4.79 Å². The van der Waals surface area contributed by atoms with Gasteiger partial charge in [-0.2, -0.15) is 0 Å². The fourth-order valence-corrected chi connectivity index (χ4v) is 2.27. The molecule has 94 valence electrons. The van der Waals surface area contributed by atoms with Crippen LogP contribution in [0.3, 0.4) is 0 Å². The van der Waals surface area contributed by atoms with Gasteiger partial charge in [0.25, 0.3) is 5.91 Å². The van der Waals surface area contributed by atoms with Gasteiger partial charge in [0.1, 0.15) is 5.01 Å². The molecule has 1 amide bonds. The quantitative estimate of drug-likeness (QED) is 0.889. The molecular formula is C13H15N3OS. The SMILES string of the molecule is CNC(=O)c1ccc(NC(C)c2nccs2)cc1. The van der Waals surface area contributed by atoms with Crippen molar-refractivity contribution in [3.05, 3.63) is 46.4 Å². The summed E-state index contributed by atoms with van der Waals surface area (Å²) in [7, 11) is 1.62. The third-order valence-corrected chi connectivity index (χ3v) is 3.54. The Bertz CT molecular complexity index is 508. The third-order valence-electron chi connectivity index (χ3n) is 2.58. The normalized spacial score (nSPS) is 11.9. The number of rotatable bonds is 4. The van der Waals surface area contributed by atoms with Crippen LogP contribution in [0.2, 0.25) is 0 Å². The van der Waals surface area contributed by atoms with Crippen molar-refractivity contribution >= 4 is 22.9 Å². The van der Waals surface area contributed by atoms with E-state index in [1.54, 1.807) is 36.7 Å². The van der Waals surface area contributed by atoms with Gasteiger partial charge in [0, 0.05) is 29.9 Å². The van der Waals surface area contributed by atoms with Gasteiger partial charge < -0.3 is 10.6 Å². The summed E-state index contributed by atoms with van der Waals surface area (Å²) < 4.78 is 0. The minimum atomic E-state index is -0.0745. The van der Waals surface area contributed by atoms with E-state index in [4.69, 9.17) is 0 Å². The summed E-state index contributed by atoms with van der Waals surface area (Å²) in [5, 5.41) is 8.95. The van der Waals surface area contributed by atoms with Crippen molar-refractivity contribution in [1.29, 1.82) is 0 Å². The van der Waals surface area contributed by atoms with Crippen molar-refractivity contribution in [3.8, 4) is 0 Å². The molecule has 4 nitrogen and oxygen atoms in total. The molecule has 1 aromatic heterocycles. The van der Waals surface area contributed by atoms with Gasteiger partial charge in [0.05, 0.1) is 6.04 Å². The zero-order valence-corrected chi connectivity index (χ0v) is 11.1. The number of nitrogens with zero attached hydrogens (tertiary/aromatic N) is 1. The van der Waals surface area contributed by atoms with E-state index in [1.807, 2.05) is 17.5 Å². The van der Waals surface area contributed by atoms with E-state index in [-0.39, 0.29) is 11.9 Å². The largest absolute Gasteiger partial charge is 0.376 e. The van der Waals surface area contributed by atoms with Crippen LogP contribution in [0.25, 0.3) is 0 Å². The molecule has 0 aliphatic rings. The zero-order valence-electron chi connectivity index (χ0n) is 10.3. The number of aromatic nitrogens is 1. The second-order valence-electron chi connectivity index (χ2n) is 3.89. The van der Waals surface area contributed by atoms with E-state index >= 15 is 0 Å². The number of carbonyl (C=O) groups excluding carboxylic acids is 1. The summed E-state index contributed by atoms with van der Waals surface area (Å²) in [6, 6.07) is 7.56. The molecule has 1 atom stereocenters. The molecule has 2 rings (SSSR count). The van der Waals surface area contributed by atoms with Gasteiger partial charge in [0.15, 0.2) is 0 Å². The number of anilines is 1. The average molecular weight is 261 g/mol. The van der Waals surface area contributed by atoms with Gasteiger partial charge in [-0.1, -0.05) is 0 Å². The minimum absolute atomic E-state index is 0.0745. The van der Waals surface area contributed by atoms with E-state index in [0.717, 1.165) is 10.7 Å². The van der Waals surface area contributed by atoms with Crippen LogP contribution in [0, 0.1) is 0 Å². The summed E-state index contributed by atoms with van der Waals surface area (Å²) >= 11 is 1.62. The smallest absolute Gasteiger partial charge is 0.251 e. The van der Waals surface area contributed by atoms with Crippen LogP contribution in [0.4, 0.5) is 5.69 Å². The Morgan fingerprint density at radius 2 is 2.06 bits per heavy atom. The number of carbonyl (C=O) groups is 1. The van der Waals surface area contributed by atoms with Gasteiger partial charge in [-0.3, -0.25) is 4.79 Å². The van der Waals surface area contributed by atoms with Crippen molar-refractivity contribution in [3.63, 3.8) is 0 Å². The predicted molar refractivity (Wildman–Crippen MR) is 74.0 cm³/mol. The van der Waals surface area contributed by atoms with Crippen molar-refractivity contribution in [2.24, 2.45) is 0 Å². The van der Waals surface area contributed by atoms with Crippen LogP contribution in [0.15, 0.2) is 35.8 Å². The first kappa shape index (κ1) is 12.6. The maximum atomic E-state index is 11.4. The molecule has 0 spiro atoms. The van der Waals surface area contributed by atoms with Gasteiger partial charge in [-0.25, -0.2) is 4.98 Å². The molecule has 2 N–H and O–H groups in total. The maximum Gasteiger partial charge on any atom is 0.251 e. The lowest BCUT2D eigenvalue weighted by Crippen LogP contribution is -2.17. The molecule has 1 aromatic carbocycles. The first-order valence-electron chi connectivity index (χ1n) is 5.69. The highest BCUT2D eigenvalue weighted by atomic mass is 32.1. The number of hydrogen-bond acceptors (Lipinski definition) is 4. The Morgan fingerprint density at radius 1 is 1.33 bits per heavy atom. The monoisotopic (exact) mass is 261 g/mol. The Hall–Kier alpha value is -1.88. The summed E-state index contributed by atoms with van der Waals surface area (Å²) in [5.74, 6) is -0.0745. The van der Waals surface area contributed by atoms with Crippen molar-refractivity contribution in [1.82, 2.24) is 10.3 Å². The van der Waals surface area contributed by atoms with E-state index in [2.05, 4.69) is 22.5 Å². The van der Waals surface area contributed by atoms with Gasteiger partial charge >= 0.3 is 0 Å². The zero-order chi connectivity index (χ0) is 13.0. The molecule has 0 bridgehead atoms. The first-order chi connectivity index (χ1) is 8.70. The molecule has 0 saturated heterocycles. The number of benzene rings is 1. The number of thiazole rings is 1. The summed E-state index contributed by atoms with van der Waals surface area (Å²) in [6.07, 6.45) is 1.80. The summed E-state index contributed by atoms with van der Waals surface area (Å²) in [4.78, 5) is 15.7. The molecule has 5 heteroatoms. The summed E-state index contributed by atoms with van der Waals surface area (Å²) in [6.45, 7) is 2.06. The lowest BCUT2D eigenvalue weighted by atomic mass is 10.2. The predicted octanol–water partition coefficient (Wildman–Crippen LogP) is 2.68. The Balaban J connectivity index is 2.04. The van der Waals surface area contributed by atoms with Crippen molar-refractivity contribution in [2.45, 2.75) is 13.0 Å².